The number of aromatic nitrogens is 7. The van der Waals surface area contributed by atoms with Crippen LogP contribution in [0.25, 0.3) is 40.5 Å². The van der Waals surface area contributed by atoms with Gasteiger partial charge >= 0.3 is 6.18 Å². The van der Waals surface area contributed by atoms with Crippen molar-refractivity contribution in [3.63, 3.8) is 0 Å². The number of sulfone groups is 1. The molecule has 0 N–H and O–H groups in total. The number of alkyl halides is 3. The lowest BCUT2D eigenvalue weighted by Gasteiger charge is -2.12. The average Bonchev–Trinajstić information content (AvgIpc) is 3.63. The molecule has 0 aliphatic carbocycles. The van der Waals surface area contributed by atoms with Crippen molar-refractivity contribution in [2.24, 2.45) is 0 Å². The van der Waals surface area contributed by atoms with Gasteiger partial charge in [-0.05, 0) is 30.3 Å². The third-order valence-electron chi connectivity index (χ3n) is 5.65. The molecular weight excluding hydrogens is 615 g/mol. The van der Waals surface area contributed by atoms with Gasteiger partial charge in [-0.1, -0.05) is 23.7 Å². The Balaban J connectivity index is 1.64. The van der Waals surface area contributed by atoms with Crippen molar-refractivity contribution in [3.8, 4) is 34.5 Å². The molecule has 0 fully saturated rings. The first-order chi connectivity index (χ1) is 20.4. The zero-order valence-electron chi connectivity index (χ0n) is 22.1. The predicted octanol–water partition coefficient (Wildman–Crippen LogP) is 4.92. The Kier molecular flexibility index (Phi) is 8.14. The molecule has 0 spiro atoms. The van der Waals surface area contributed by atoms with Crippen LogP contribution < -0.4 is 4.74 Å². The molecule has 0 amide bonds. The van der Waals surface area contributed by atoms with Crippen molar-refractivity contribution in [2.75, 3.05) is 20.0 Å². The van der Waals surface area contributed by atoms with E-state index in [1.807, 2.05) is 0 Å². The number of benzene rings is 1. The van der Waals surface area contributed by atoms with Crippen molar-refractivity contribution in [1.82, 2.24) is 34.9 Å². The van der Waals surface area contributed by atoms with Gasteiger partial charge in [-0.3, -0.25) is 9.55 Å². The normalized spacial score (nSPS) is 12.4. The van der Waals surface area contributed by atoms with Crippen LogP contribution in [0.5, 0.6) is 5.88 Å². The Morgan fingerprint density at radius 3 is 2.53 bits per heavy atom. The van der Waals surface area contributed by atoms with E-state index in [1.54, 1.807) is 30.3 Å². The van der Waals surface area contributed by atoms with Gasteiger partial charge < -0.3 is 13.9 Å². The molecule has 5 aromatic rings. The Hall–Kier alpha value is -4.83. The summed E-state index contributed by atoms with van der Waals surface area (Å²) in [5.41, 5.74) is 0.935. The lowest BCUT2D eigenvalue weighted by atomic mass is 10.2. The summed E-state index contributed by atoms with van der Waals surface area (Å²) in [6.45, 7) is -1.68. The number of methoxy groups -OCH3 is 1. The maximum Gasteiger partial charge on any atom is 0.422 e. The summed E-state index contributed by atoms with van der Waals surface area (Å²) in [4.78, 5) is 8.16. The monoisotopic (exact) mass is 633 g/mol. The van der Waals surface area contributed by atoms with Gasteiger partial charge in [0.25, 0.3) is 5.89 Å². The Morgan fingerprint density at radius 2 is 1.86 bits per heavy atom. The molecule has 17 heteroatoms. The Bertz CT molecular complexity index is 1910. The van der Waals surface area contributed by atoms with Gasteiger partial charge in [0.15, 0.2) is 33.9 Å². The van der Waals surface area contributed by atoms with Crippen molar-refractivity contribution < 1.29 is 35.5 Å². The van der Waals surface area contributed by atoms with Gasteiger partial charge in [0.1, 0.15) is 5.69 Å². The molecule has 0 radical (unpaired) electrons. The summed E-state index contributed by atoms with van der Waals surface area (Å²) in [7, 11) is -2.12. The summed E-state index contributed by atoms with van der Waals surface area (Å²) in [5.74, 6) is -0.588. The van der Waals surface area contributed by atoms with Crippen LogP contribution in [0.1, 0.15) is 11.7 Å². The summed E-state index contributed by atoms with van der Waals surface area (Å²) < 4.78 is 80.7. The summed E-state index contributed by atoms with van der Waals surface area (Å²) >= 11 is 6.47. The van der Waals surface area contributed by atoms with E-state index in [2.05, 4.69) is 30.4 Å². The van der Waals surface area contributed by atoms with E-state index in [0.717, 1.165) is 18.5 Å². The average molecular weight is 634 g/mol. The number of ether oxygens (including phenoxy) is 2. The molecule has 5 rings (SSSR count). The number of nitrogens with zero attached hydrogens (tertiary/aromatic N) is 7. The summed E-state index contributed by atoms with van der Waals surface area (Å²) in [5, 5.41) is 16.3. The van der Waals surface area contributed by atoms with Crippen LogP contribution in [-0.4, -0.2) is 69.5 Å². The number of rotatable bonds is 9. The molecule has 12 nitrogen and oxygen atoms in total. The van der Waals surface area contributed by atoms with E-state index < -0.39 is 28.4 Å². The van der Waals surface area contributed by atoms with Crippen LogP contribution in [0.2, 0.25) is 5.02 Å². The highest BCUT2D eigenvalue weighted by molar-refractivity contribution is 7.90. The first kappa shape index (κ1) is 29.7. The lowest BCUT2D eigenvalue weighted by molar-refractivity contribution is -0.158. The second-order valence-electron chi connectivity index (χ2n) is 8.73. The molecule has 0 bridgehead atoms. The Morgan fingerprint density at radius 1 is 1.07 bits per heavy atom. The highest BCUT2D eigenvalue weighted by Crippen LogP contribution is 2.31. The molecule has 222 valence electrons. The second kappa shape index (κ2) is 11.8. The van der Waals surface area contributed by atoms with Crippen LogP contribution in [0, 0.1) is 0 Å². The number of hydrogen-bond acceptors (Lipinski definition) is 11. The van der Waals surface area contributed by atoms with E-state index in [1.165, 1.54) is 36.1 Å². The topological polar surface area (TPSA) is 148 Å². The second-order valence-corrected chi connectivity index (χ2v) is 11.2. The van der Waals surface area contributed by atoms with E-state index in [0.29, 0.717) is 11.3 Å². The largest absolute Gasteiger partial charge is 0.481 e. The maximum absolute atomic E-state index is 13.2. The third kappa shape index (κ3) is 6.81. The molecule has 43 heavy (non-hydrogen) atoms. The van der Waals surface area contributed by atoms with E-state index in [9.17, 15) is 21.6 Å². The number of para-hydroxylation sites is 1. The standard InChI is InChI=1S/C26H19ClF3N7O5S/c1-40-22-11-15(9-10-31-22)24-35-36-25(42-24)20(41-14-26(28,29)30)12-21-33-34-23(37(21)19-6-4-3-5-17(19)27)18-8-7-16(13-32-18)43(2,38)39/h3-13H,14H2,1-2H3. The quantitative estimate of drug-likeness (QED) is 0.204. The molecule has 0 saturated carbocycles. The maximum atomic E-state index is 13.2. The SMILES string of the molecule is COc1cc(-c2nnc(C(=Cc3nnc(-c4ccc(S(C)(=O)=O)cn4)n3-c3ccccc3Cl)OCC(F)(F)F)o2)ccn1. The van der Waals surface area contributed by atoms with Gasteiger partial charge in [-0.2, -0.15) is 13.2 Å². The fourth-order valence-corrected chi connectivity index (χ4v) is 4.47. The first-order valence-electron chi connectivity index (χ1n) is 12.1. The number of halogens is 4. The Labute approximate surface area is 246 Å². The van der Waals surface area contributed by atoms with Gasteiger partial charge in [0, 0.05) is 36.4 Å². The number of hydrogen-bond donors (Lipinski definition) is 0. The minimum atomic E-state index is -4.70. The molecular formula is C26H19ClF3N7O5S. The number of pyridine rings is 2. The van der Waals surface area contributed by atoms with E-state index >= 15 is 0 Å². The highest BCUT2D eigenvalue weighted by atomic mass is 35.5. The summed E-state index contributed by atoms with van der Waals surface area (Å²) in [6.07, 6.45) is 0.0420. The molecule has 4 heterocycles. The highest BCUT2D eigenvalue weighted by Gasteiger charge is 2.30. The molecule has 0 atom stereocenters. The fraction of sp³-hybridized carbons (Fsp3) is 0.154. The molecule has 0 aliphatic rings. The minimum absolute atomic E-state index is 0.0259. The van der Waals surface area contributed by atoms with Crippen LogP contribution in [-0.2, 0) is 14.6 Å². The van der Waals surface area contributed by atoms with Crippen molar-refractivity contribution in [2.45, 2.75) is 11.1 Å². The van der Waals surface area contributed by atoms with Gasteiger partial charge in [-0.25, -0.2) is 13.4 Å². The zero-order valence-corrected chi connectivity index (χ0v) is 23.7. The van der Waals surface area contributed by atoms with Crippen LogP contribution in [0.15, 0.2) is 70.2 Å². The van der Waals surface area contributed by atoms with Crippen molar-refractivity contribution >= 4 is 33.3 Å². The van der Waals surface area contributed by atoms with E-state index in [-0.39, 0.29) is 44.9 Å². The minimum Gasteiger partial charge on any atom is -0.481 e. The summed E-state index contributed by atoms with van der Waals surface area (Å²) in [6, 6.07) is 12.4. The molecule has 0 saturated heterocycles. The molecule has 0 unspecified atom stereocenters. The van der Waals surface area contributed by atoms with Gasteiger partial charge in [0.05, 0.1) is 22.7 Å². The van der Waals surface area contributed by atoms with Crippen LogP contribution in [0.4, 0.5) is 13.2 Å². The van der Waals surface area contributed by atoms with E-state index in [4.69, 9.17) is 25.5 Å². The van der Waals surface area contributed by atoms with Crippen LogP contribution >= 0.6 is 11.6 Å². The van der Waals surface area contributed by atoms with Crippen molar-refractivity contribution in [1.29, 1.82) is 0 Å². The smallest absolute Gasteiger partial charge is 0.422 e. The van der Waals surface area contributed by atoms with Gasteiger partial charge in [-0.15, -0.1) is 20.4 Å². The van der Waals surface area contributed by atoms with Crippen molar-refractivity contribution in [3.05, 3.63) is 77.7 Å². The zero-order chi connectivity index (χ0) is 30.8. The van der Waals surface area contributed by atoms with Gasteiger partial charge in [0.2, 0.25) is 11.8 Å². The molecule has 0 aliphatic heterocycles. The lowest BCUT2D eigenvalue weighted by Crippen LogP contribution is -2.16. The fourth-order valence-electron chi connectivity index (χ4n) is 3.69. The molecule has 4 aromatic heterocycles. The first-order valence-corrected chi connectivity index (χ1v) is 14.3. The molecule has 1 aromatic carbocycles. The predicted molar refractivity (Wildman–Crippen MR) is 147 cm³/mol. The third-order valence-corrected chi connectivity index (χ3v) is 7.07. The van der Waals surface area contributed by atoms with Crippen LogP contribution in [0.3, 0.4) is 0 Å².